The van der Waals surface area contributed by atoms with E-state index in [1.54, 1.807) is 0 Å². The number of rotatable bonds is 3. The van der Waals surface area contributed by atoms with Crippen molar-refractivity contribution in [2.24, 2.45) is 5.73 Å². The minimum absolute atomic E-state index is 0.248. The van der Waals surface area contributed by atoms with Gasteiger partial charge < -0.3 is 15.2 Å². The van der Waals surface area contributed by atoms with Gasteiger partial charge >= 0.3 is 5.97 Å². The normalized spacial score (nSPS) is 18.3. The fraction of sp³-hybridized carbons (Fsp3) is 0.462. The third-order valence-corrected chi connectivity index (χ3v) is 3.54. The number of nitrogens with two attached hydrogens (primary N) is 1. The molecular formula is C13H16BrNO3. The summed E-state index contributed by atoms with van der Waals surface area (Å²) >= 11 is 3.37. The van der Waals surface area contributed by atoms with Crippen LogP contribution in [0.1, 0.15) is 18.4 Å². The Balaban J connectivity index is 1.91. The highest BCUT2D eigenvalue weighted by Gasteiger charge is 2.37. The van der Waals surface area contributed by atoms with Gasteiger partial charge in [0, 0.05) is 17.7 Å². The first kappa shape index (κ1) is 13.5. The summed E-state index contributed by atoms with van der Waals surface area (Å²) in [5, 5.41) is 0. The summed E-state index contributed by atoms with van der Waals surface area (Å²) in [7, 11) is 0. The first-order valence-electron chi connectivity index (χ1n) is 5.88. The Morgan fingerprint density at radius 3 is 2.83 bits per heavy atom. The van der Waals surface area contributed by atoms with Crippen molar-refractivity contribution in [3.8, 4) is 0 Å². The smallest absolute Gasteiger partial charge is 0.326 e. The van der Waals surface area contributed by atoms with Crippen molar-refractivity contribution in [3.05, 3.63) is 34.3 Å². The number of hydrogen-bond donors (Lipinski definition) is 1. The Labute approximate surface area is 115 Å². The van der Waals surface area contributed by atoms with E-state index in [1.165, 1.54) is 0 Å². The lowest BCUT2D eigenvalue weighted by Crippen LogP contribution is -2.52. The van der Waals surface area contributed by atoms with Crippen LogP contribution < -0.4 is 5.73 Å². The Hall–Kier alpha value is -0.910. The molecule has 5 heteroatoms. The number of benzene rings is 1. The zero-order valence-electron chi connectivity index (χ0n) is 10.0. The van der Waals surface area contributed by atoms with Crippen molar-refractivity contribution >= 4 is 21.9 Å². The maximum Gasteiger partial charge on any atom is 0.326 e. The van der Waals surface area contributed by atoms with E-state index in [0.29, 0.717) is 26.1 Å². The lowest BCUT2D eigenvalue weighted by Gasteiger charge is -2.30. The van der Waals surface area contributed by atoms with Crippen molar-refractivity contribution in [1.82, 2.24) is 0 Å². The molecule has 0 amide bonds. The lowest BCUT2D eigenvalue weighted by molar-refractivity contribution is -0.155. The Bertz CT molecular complexity index is 430. The lowest BCUT2D eigenvalue weighted by atomic mass is 9.92. The van der Waals surface area contributed by atoms with E-state index in [1.807, 2.05) is 24.3 Å². The minimum Gasteiger partial charge on any atom is -0.459 e. The van der Waals surface area contributed by atoms with Gasteiger partial charge in [0.1, 0.15) is 12.1 Å². The highest BCUT2D eigenvalue weighted by atomic mass is 79.9. The van der Waals surface area contributed by atoms with Gasteiger partial charge in [-0.05, 0) is 30.5 Å². The molecule has 1 aromatic carbocycles. The molecule has 1 aromatic rings. The molecule has 1 saturated heterocycles. The van der Waals surface area contributed by atoms with E-state index in [0.717, 1.165) is 10.0 Å². The molecular weight excluding hydrogens is 298 g/mol. The van der Waals surface area contributed by atoms with Crippen molar-refractivity contribution < 1.29 is 14.3 Å². The number of esters is 1. The molecule has 0 radical (unpaired) electrons. The second-order valence-electron chi connectivity index (χ2n) is 4.47. The van der Waals surface area contributed by atoms with Crippen molar-refractivity contribution in [1.29, 1.82) is 0 Å². The fourth-order valence-electron chi connectivity index (χ4n) is 1.86. The molecule has 1 aliphatic heterocycles. The van der Waals surface area contributed by atoms with E-state index in [4.69, 9.17) is 15.2 Å². The summed E-state index contributed by atoms with van der Waals surface area (Å²) in [5.41, 5.74) is 6.09. The summed E-state index contributed by atoms with van der Waals surface area (Å²) in [4.78, 5) is 12.0. The van der Waals surface area contributed by atoms with E-state index in [9.17, 15) is 4.79 Å². The highest BCUT2D eigenvalue weighted by Crippen LogP contribution is 2.20. The molecule has 0 bridgehead atoms. The van der Waals surface area contributed by atoms with Gasteiger partial charge in [0.2, 0.25) is 0 Å². The first-order valence-corrected chi connectivity index (χ1v) is 6.68. The molecule has 1 aliphatic rings. The molecule has 0 unspecified atom stereocenters. The monoisotopic (exact) mass is 313 g/mol. The van der Waals surface area contributed by atoms with E-state index in [2.05, 4.69) is 15.9 Å². The van der Waals surface area contributed by atoms with Crippen LogP contribution in [0.25, 0.3) is 0 Å². The maximum atomic E-state index is 12.0. The standard InChI is InChI=1S/C13H16BrNO3/c14-11-3-1-2-10(8-11)9-18-12(16)13(15)4-6-17-7-5-13/h1-3,8H,4-7,9,15H2. The van der Waals surface area contributed by atoms with Crippen LogP contribution in [0.4, 0.5) is 0 Å². The third-order valence-electron chi connectivity index (χ3n) is 3.05. The number of ether oxygens (including phenoxy) is 2. The van der Waals surface area contributed by atoms with Gasteiger partial charge in [-0.15, -0.1) is 0 Å². The van der Waals surface area contributed by atoms with Crippen molar-refractivity contribution in [2.45, 2.75) is 25.0 Å². The molecule has 1 heterocycles. The van der Waals surface area contributed by atoms with Crippen LogP contribution in [-0.2, 0) is 20.9 Å². The van der Waals surface area contributed by atoms with Crippen LogP contribution in [0.15, 0.2) is 28.7 Å². The van der Waals surface area contributed by atoms with Gasteiger partial charge in [0.15, 0.2) is 0 Å². The quantitative estimate of drug-likeness (QED) is 0.867. The molecule has 18 heavy (non-hydrogen) atoms. The number of carbonyl (C=O) groups excluding carboxylic acids is 1. The largest absolute Gasteiger partial charge is 0.459 e. The van der Waals surface area contributed by atoms with Crippen LogP contribution in [0.2, 0.25) is 0 Å². The van der Waals surface area contributed by atoms with Gasteiger partial charge in [-0.3, -0.25) is 4.79 Å². The summed E-state index contributed by atoms with van der Waals surface area (Å²) < 4.78 is 11.4. The summed E-state index contributed by atoms with van der Waals surface area (Å²) in [6, 6.07) is 7.65. The Morgan fingerprint density at radius 2 is 2.17 bits per heavy atom. The molecule has 2 N–H and O–H groups in total. The van der Waals surface area contributed by atoms with Crippen LogP contribution in [-0.4, -0.2) is 24.7 Å². The Morgan fingerprint density at radius 1 is 1.44 bits per heavy atom. The number of hydrogen-bond acceptors (Lipinski definition) is 4. The molecule has 4 nitrogen and oxygen atoms in total. The van der Waals surface area contributed by atoms with Crippen LogP contribution in [0.3, 0.4) is 0 Å². The minimum atomic E-state index is -0.885. The number of carbonyl (C=O) groups is 1. The maximum absolute atomic E-state index is 12.0. The average Bonchev–Trinajstić information content (AvgIpc) is 2.37. The zero-order valence-corrected chi connectivity index (χ0v) is 11.6. The molecule has 0 aromatic heterocycles. The zero-order chi connectivity index (χ0) is 13.0. The molecule has 98 valence electrons. The topological polar surface area (TPSA) is 61.6 Å². The molecule has 0 aliphatic carbocycles. The van der Waals surface area contributed by atoms with Gasteiger partial charge in [-0.1, -0.05) is 28.1 Å². The Kier molecular flexibility index (Phi) is 4.37. The molecule has 1 fully saturated rings. The van der Waals surface area contributed by atoms with E-state index >= 15 is 0 Å². The fourth-order valence-corrected chi connectivity index (χ4v) is 2.31. The summed E-state index contributed by atoms with van der Waals surface area (Å²) in [6.45, 7) is 1.28. The van der Waals surface area contributed by atoms with Gasteiger partial charge in [0.05, 0.1) is 0 Å². The van der Waals surface area contributed by atoms with Crippen molar-refractivity contribution in [2.75, 3.05) is 13.2 Å². The van der Waals surface area contributed by atoms with Crippen LogP contribution in [0, 0.1) is 0 Å². The molecule has 0 saturated carbocycles. The van der Waals surface area contributed by atoms with E-state index < -0.39 is 5.54 Å². The van der Waals surface area contributed by atoms with Gasteiger partial charge in [0.25, 0.3) is 0 Å². The second kappa shape index (κ2) is 5.82. The SMILES string of the molecule is NC1(C(=O)OCc2cccc(Br)c2)CCOCC1. The summed E-state index contributed by atoms with van der Waals surface area (Å²) in [5.74, 6) is -0.342. The van der Waals surface area contributed by atoms with Crippen molar-refractivity contribution in [3.63, 3.8) is 0 Å². The third kappa shape index (κ3) is 3.31. The summed E-state index contributed by atoms with van der Waals surface area (Å²) in [6.07, 6.45) is 1.04. The predicted molar refractivity (Wildman–Crippen MR) is 70.9 cm³/mol. The first-order chi connectivity index (χ1) is 8.60. The van der Waals surface area contributed by atoms with Crippen LogP contribution in [0.5, 0.6) is 0 Å². The van der Waals surface area contributed by atoms with Gasteiger partial charge in [-0.2, -0.15) is 0 Å². The predicted octanol–water partition coefficient (Wildman–Crippen LogP) is 2.00. The van der Waals surface area contributed by atoms with E-state index in [-0.39, 0.29) is 12.6 Å². The second-order valence-corrected chi connectivity index (χ2v) is 5.39. The highest BCUT2D eigenvalue weighted by molar-refractivity contribution is 9.10. The molecule has 0 spiro atoms. The number of halogens is 1. The van der Waals surface area contributed by atoms with Gasteiger partial charge in [-0.25, -0.2) is 0 Å². The average molecular weight is 314 g/mol. The molecule has 0 atom stereocenters. The van der Waals surface area contributed by atoms with Crippen LogP contribution >= 0.6 is 15.9 Å². The molecule has 2 rings (SSSR count).